The Hall–Kier alpha value is -3.27. The highest BCUT2D eigenvalue weighted by molar-refractivity contribution is 7.19. The number of rotatable bonds is 5. The molecule has 0 spiro atoms. The molecule has 1 amide bonds. The molecule has 0 atom stereocenters. The number of fused-ring (bicyclic) bond motifs is 1. The van der Waals surface area contributed by atoms with Crippen molar-refractivity contribution in [1.29, 1.82) is 5.41 Å². The summed E-state index contributed by atoms with van der Waals surface area (Å²) in [5, 5.41) is 11.1. The molecule has 1 aliphatic rings. The summed E-state index contributed by atoms with van der Waals surface area (Å²) in [5.74, 6) is 0.914. The molecule has 3 aromatic rings. The fraction of sp³-hybridized carbons (Fsp3) is 0.316. The number of piperidine rings is 1. The molecule has 4 rings (SSSR count). The highest BCUT2D eigenvalue weighted by Gasteiger charge is 2.23. The standard InChI is InChI=1S/C19H21N7O2S/c1-28-14-8-12(21)11(9-20)7-13(14)24-16-15-17(23-10-22-16)29-18(25-15)19(27)26-5-3-2-4-6-26/h7-10,20H,2-6,21H2,1H3,(H,22,23,24). The number of nitrogens with one attached hydrogen (secondary N) is 2. The second-order valence-electron chi connectivity index (χ2n) is 6.70. The first kappa shape index (κ1) is 19.1. The van der Waals surface area contributed by atoms with Crippen molar-refractivity contribution in [1.82, 2.24) is 19.9 Å². The minimum absolute atomic E-state index is 0.0604. The van der Waals surface area contributed by atoms with Crippen LogP contribution in [0.15, 0.2) is 18.5 Å². The maximum Gasteiger partial charge on any atom is 0.282 e. The summed E-state index contributed by atoms with van der Waals surface area (Å²) in [4.78, 5) is 28.4. The van der Waals surface area contributed by atoms with Gasteiger partial charge in [0.1, 0.15) is 22.4 Å². The van der Waals surface area contributed by atoms with Gasteiger partial charge in [0.2, 0.25) is 0 Å². The van der Waals surface area contributed by atoms with Crippen molar-refractivity contribution in [2.45, 2.75) is 19.3 Å². The molecule has 1 aliphatic heterocycles. The molecule has 10 heteroatoms. The van der Waals surface area contributed by atoms with Crippen molar-refractivity contribution in [3.8, 4) is 5.75 Å². The third-order valence-electron chi connectivity index (χ3n) is 4.84. The Morgan fingerprint density at radius 1 is 1.31 bits per heavy atom. The number of likely N-dealkylation sites (tertiary alicyclic amines) is 1. The molecular weight excluding hydrogens is 390 g/mol. The van der Waals surface area contributed by atoms with Gasteiger partial charge < -0.3 is 26.1 Å². The Balaban J connectivity index is 1.69. The number of nitrogens with two attached hydrogens (primary N) is 1. The van der Waals surface area contributed by atoms with Gasteiger partial charge in [-0.05, 0) is 25.3 Å². The second-order valence-corrected chi connectivity index (χ2v) is 7.68. The van der Waals surface area contributed by atoms with Gasteiger partial charge in [0, 0.05) is 36.6 Å². The minimum Gasteiger partial charge on any atom is -0.494 e. The number of anilines is 3. The van der Waals surface area contributed by atoms with E-state index >= 15 is 0 Å². The number of hydrogen-bond donors (Lipinski definition) is 3. The van der Waals surface area contributed by atoms with E-state index < -0.39 is 0 Å². The van der Waals surface area contributed by atoms with Crippen molar-refractivity contribution in [2.24, 2.45) is 0 Å². The number of nitrogens with zero attached hydrogens (tertiary/aromatic N) is 4. The first-order valence-corrected chi connectivity index (χ1v) is 10.1. The van der Waals surface area contributed by atoms with Crippen molar-refractivity contribution in [2.75, 3.05) is 31.2 Å². The van der Waals surface area contributed by atoms with Crippen molar-refractivity contribution in [3.05, 3.63) is 29.0 Å². The summed E-state index contributed by atoms with van der Waals surface area (Å²) in [6.45, 7) is 1.53. The Labute approximate surface area is 171 Å². The molecule has 1 saturated heterocycles. The fourth-order valence-electron chi connectivity index (χ4n) is 3.30. The van der Waals surface area contributed by atoms with Crippen molar-refractivity contribution < 1.29 is 9.53 Å². The molecule has 0 bridgehead atoms. The predicted octanol–water partition coefficient (Wildman–Crippen LogP) is 3.04. The highest BCUT2D eigenvalue weighted by Crippen LogP contribution is 2.34. The van der Waals surface area contributed by atoms with Gasteiger partial charge in [-0.15, -0.1) is 0 Å². The number of methoxy groups -OCH3 is 1. The van der Waals surface area contributed by atoms with Crippen LogP contribution >= 0.6 is 11.3 Å². The predicted molar refractivity (Wildman–Crippen MR) is 114 cm³/mol. The Morgan fingerprint density at radius 3 is 2.83 bits per heavy atom. The molecule has 0 unspecified atom stereocenters. The zero-order chi connectivity index (χ0) is 20.4. The van der Waals surface area contributed by atoms with E-state index in [9.17, 15) is 4.79 Å². The normalized spacial score (nSPS) is 14.0. The summed E-state index contributed by atoms with van der Waals surface area (Å²) >= 11 is 1.26. The van der Waals surface area contributed by atoms with Gasteiger partial charge in [0.15, 0.2) is 10.8 Å². The van der Waals surface area contributed by atoms with E-state index in [1.807, 2.05) is 4.90 Å². The number of carbonyl (C=O) groups is 1. The molecular formula is C19H21N7O2S. The van der Waals surface area contributed by atoms with E-state index in [0.29, 0.717) is 43.9 Å². The molecule has 1 aromatic carbocycles. The average Bonchev–Trinajstić information content (AvgIpc) is 3.20. The quantitative estimate of drug-likeness (QED) is 0.434. The zero-order valence-electron chi connectivity index (χ0n) is 15.9. The molecule has 3 heterocycles. The topological polar surface area (TPSA) is 130 Å². The van der Waals surface area contributed by atoms with Gasteiger partial charge in [-0.25, -0.2) is 15.0 Å². The van der Waals surface area contributed by atoms with Gasteiger partial charge in [0.25, 0.3) is 5.91 Å². The van der Waals surface area contributed by atoms with Gasteiger partial charge in [-0.2, -0.15) is 0 Å². The van der Waals surface area contributed by atoms with Crippen LogP contribution in [0, 0.1) is 5.41 Å². The molecule has 150 valence electrons. The van der Waals surface area contributed by atoms with Crippen LogP contribution in [0.5, 0.6) is 5.75 Å². The van der Waals surface area contributed by atoms with Gasteiger partial charge in [-0.1, -0.05) is 11.3 Å². The second kappa shape index (κ2) is 8.00. The first-order chi connectivity index (χ1) is 14.1. The third-order valence-corrected chi connectivity index (χ3v) is 5.79. The maximum atomic E-state index is 12.8. The summed E-state index contributed by atoms with van der Waals surface area (Å²) < 4.78 is 5.39. The van der Waals surface area contributed by atoms with E-state index in [1.54, 1.807) is 12.1 Å². The number of amides is 1. The molecule has 29 heavy (non-hydrogen) atoms. The molecule has 2 aromatic heterocycles. The van der Waals surface area contributed by atoms with Crippen molar-refractivity contribution >= 4 is 51.0 Å². The molecule has 4 N–H and O–H groups in total. The molecule has 0 saturated carbocycles. The highest BCUT2D eigenvalue weighted by atomic mass is 32.1. The lowest BCUT2D eigenvalue weighted by molar-refractivity contribution is 0.0724. The van der Waals surface area contributed by atoms with E-state index in [2.05, 4.69) is 20.3 Å². The SMILES string of the molecule is COc1cc(N)c(C=N)cc1Nc1ncnc2sc(C(=O)N3CCCCC3)nc12. The van der Waals surface area contributed by atoms with Crippen molar-refractivity contribution in [3.63, 3.8) is 0 Å². The minimum atomic E-state index is -0.0604. The first-order valence-electron chi connectivity index (χ1n) is 9.26. The number of thiazole rings is 1. The summed E-state index contributed by atoms with van der Waals surface area (Å²) in [6.07, 6.45) is 5.81. The maximum absolute atomic E-state index is 12.8. The number of carbonyl (C=O) groups excluding carboxylic acids is 1. The van der Waals surface area contributed by atoms with Crippen LogP contribution in [0.25, 0.3) is 10.3 Å². The summed E-state index contributed by atoms with van der Waals surface area (Å²) in [6, 6.07) is 3.36. The lowest BCUT2D eigenvalue weighted by Crippen LogP contribution is -2.35. The molecule has 0 aliphatic carbocycles. The number of aromatic nitrogens is 3. The molecule has 1 fully saturated rings. The van der Waals surface area contributed by atoms with Gasteiger partial charge in [0.05, 0.1) is 12.8 Å². The van der Waals surface area contributed by atoms with E-state index in [1.165, 1.54) is 31.0 Å². The zero-order valence-corrected chi connectivity index (χ0v) is 16.8. The number of hydrogen-bond acceptors (Lipinski definition) is 9. The Kier molecular flexibility index (Phi) is 5.26. The monoisotopic (exact) mass is 411 g/mol. The van der Waals surface area contributed by atoms with Crippen LogP contribution in [-0.2, 0) is 0 Å². The Bertz CT molecular complexity index is 1080. The van der Waals surface area contributed by atoms with Crippen LogP contribution < -0.4 is 15.8 Å². The van der Waals surface area contributed by atoms with Crippen LogP contribution in [-0.4, -0.2) is 52.2 Å². The van der Waals surface area contributed by atoms with Crippen LogP contribution in [0.3, 0.4) is 0 Å². The lowest BCUT2D eigenvalue weighted by Gasteiger charge is -2.25. The number of nitrogen functional groups attached to an aromatic ring is 1. The van der Waals surface area contributed by atoms with Gasteiger partial charge in [-0.3, -0.25) is 4.79 Å². The lowest BCUT2D eigenvalue weighted by atomic mass is 10.1. The van der Waals surface area contributed by atoms with Crippen LogP contribution in [0.4, 0.5) is 17.2 Å². The van der Waals surface area contributed by atoms with E-state index in [0.717, 1.165) is 32.4 Å². The molecule has 0 radical (unpaired) electrons. The summed E-state index contributed by atoms with van der Waals surface area (Å²) in [5.41, 5.74) is 8.04. The number of ether oxygens (including phenoxy) is 1. The van der Waals surface area contributed by atoms with E-state index in [-0.39, 0.29) is 5.91 Å². The van der Waals surface area contributed by atoms with Gasteiger partial charge >= 0.3 is 0 Å². The smallest absolute Gasteiger partial charge is 0.282 e. The van der Waals surface area contributed by atoms with E-state index in [4.69, 9.17) is 15.9 Å². The fourth-order valence-corrected chi connectivity index (χ4v) is 4.18. The number of benzene rings is 1. The van der Waals surface area contributed by atoms with Crippen LogP contribution in [0.1, 0.15) is 34.6 Å². The van der Waals surface area contributed by atoms with Crippen LogP contribution in [0.2, 0.25) is 0 Å². The Morgan fingerprint density at radius 2 is 2.10 bits per heavy atom. The summed E-state index contributed by atoms with van der Waals surface area (Å²) in [7, 11) is 1.54. The third kappa shape index (κ3) is 3.70. The average molecular weight is 411 g/mol. The molecule has 9 nitrogen and oxygen atoms in total. The largest absolute Gasteiger partial charge is 0.494 e.